The molecule has 0 aliphatic rings. The van der Waals surface area contributed by atoms with E-state index in [0.717, 1.165) is 21.4 Å². The van der Waals surface area contributed by atoms with E-state index in [-0.39, 0.29) is 0 Å². The second-order valence-electron chi connectivity index (χ2n) is 6.01. The van der Waals surface area contributed by atoms with Gasteiger partial charge in [-0.1, -0.05) is 11.2 Å². The van der Waals surface area contributed by atoms with E-state index in [9.17, 15) is 0 Å². The molecule has 0 bridgehead atoms. The van der Waals surface area contributed by atoms with Gasteiger partial charge in [0.1, 0.15) is 27.5 Å². The molecule has 148 valence electrons. The third-order valence-electron chi connectivity index (χ3n) is 4.40. The van der Waals surface area contributed by atoms with Crippen LogP contribution in [0.5, 0.6) is 17.2 Å². The highest BCUT2D eigenvalue weighted by Gasteiger charge is 2.18. The van der Waals surface area contributed by atoms with Gasteiger partial charge in [-0.15, -0.1) is 0 Å². The fraction of sp³-hybridized carbons (Fsp3) is 0.143. The van der Waals surface area contributed by atoms with Crippen molar-refractivity contribution >= 4 is 28.7 Å². The van der Waals surface area contributed by atoms with Gasteiger partial charge in [-0.25, -0.2) is 0 Å². The van der Waals surface area contributed by atoms with Gasteiger partial charge in [0.2, 0.25) is 0 Å². The number of benzene rings is 2. The summed E-state index contributed by atoms with van der Waals surface area (Å²) in [5.41, 5.74) is 2.59. The molecule has 1 N–H and O–H groups in total. The molecule has 2 aromatic carbocycles. The van der Waals surface area contributed by atoms with Crippen LogP contribution in [0.3, 0.4) is 0 Å². The molecule has 4 aromatic rings. The normalized spacial score (nSPS) is 10.7. The molecule has 4 rings (SSSR count). The number of pyridine rings is 1. The predicted molar refractivity (Wildman–Crippen MR) is 113 cm³/mol. The molecule has 8 heteroatoms. The van der Waals surface area contributed by atoms with Crippen molar-refractivity contribution in [1.82, 2.24) is 10.1 Å². The number of hydrogen-bond acceptors (Lipinski definition) is 8. The minimum absolute atomic E-state index is 0.552. The zero-order chi connectivity index (χ0) is 20.2. The first kappa shape index (κ1) is 18.9. The van der Waals surface area contributed by atoms with Crippen LogP contribution in [0, 0.1) is 0 Å². The van der Waals surface area contributed by atoms with Gasteiger partial charge in [-0.2, -0.15) is 0 Å². The lowest BCUT2D eigenvalue weighted by atomic mass is 10.0. The average molecular weight is 409 g/mol. The van der Waals surface area contributed by atoms with Gasteiger partial charge in [0.25, 0.3) is 0 Å². The molecule has 0 unspecified atom stereocenters. The molecule has 0 atom stereocenters. The highest BCUT2D eigenvalue weighted by atomic mass is 32.2. The van der Waals surface area contributed by atoms with E-state index in [1.165, 1.54) is 11.9 Å². The molecule has 0 fully saturated rings. The summed E-state index contributed by atoms with van der Waals surface area (Å²) in [5, 5.41) is 4.94. The summed E-state index contributed by atoms with van der Waals surface area (Å²) in [6.45, 7) is 0. The van der Waals surface area contributed by atoms with Crippen molar-refractivity contribution in [3.05, 3.63) is 54.9 Å². The summed E-state index contributed by atoms with van der Waals surface area (Å²) < 4.78 is 25.3. The van der Waals surface area contributed by atoms with Crippen molar-refractivity contribution in [2.45, 2.75) is 4.90 Å². The Balaban J connectivity index is 1.70. The molecule has 0 amide bonds. The van der Waals surface area contributed by atoms with Crippen molar-refractivity contribution in [3.63, 3.8) is 0 Å². The number of nitrogens with zero attached hydrogens (tertiary/aromatic N) is 2. The first-order valence-electron chi connectivity index (χ1n) is 8.76. The Labute approximate surface area is 172 Å². The fourth-order valence-electron chi connectivity index (χ4n) is 2.99. The molecule has 0 radical (unpaired) electrons. The van der Waals surface area contributed by atoms with Crippen LogP contribution in [0.15, 0.2) is 64.3 Å². The van der Waals surface area contributed by atoms with Crippen LogP contribution in [-0.4, -0.2) is 31.5 Å². The number of anilines is 1. The van der Waals surface area contributed by atoms with Crippen molar-refractivity contribution in [2.24, 2.45) is 0 Å². The van der Waals surface area contributed by atoms with Gasteiger partial charge in [-0.3, -0.25) is 4.98 Å². The van der Waals surface area contributed by atoms with E-state index < -0.39 is 0 Å². The topological polar surface area (TPSA) is 78.6 Å². The summed E-state index contributed by atoms with van der Waals surface area (Å²) in [6.07, 6.45) is 3.49. The Morgan fingerprint density at radius 2 is 1.55 bits per heavy atom. The predicted octanol–water partition coefficient (Wildman–Crippen LogP) is 5.03. The number of rotatable bonds is 7. The van der Waals surface area contributed by atoms with Crippen LogP contribution in [0.1, 0.15) is 0 Å². The molecular formula is C21H19N3O4S. The smallest absolute Gasteiger partial charge is 0.191 e. The second-order valence-corrected chi connectivity index (χ2v) is 6.83. The minimum Gasteiger partial charge on any atom is -0.496 e. The maximum Gasteiger partial charge on any atom is 0.191 e. The molecular weight excluding hydrogens is 390 g/mol. The summed E-state index contributed by atoms with van der Waals surface area (Å²) >= 11 is 1.33. The van der Waals surface area contributed by atoms with E-state index in [1.807, 2.05) is 42.5 Å². The third-order valence-corrected chi connectivity index (χ3v) is 5.31. The Kier molecular flexibility index (Phi) is 5.44. The Morgan fingerprint density at radius 1 is 0.862 bits per heavy atom. The zero-order valence-electron chi connectivity index (χ0n) is 16.1. The molecule has 2 heterocycles. The highest BCUT2D eigenvalue weighted by molar-refractivity contribution is 8.00. The molecule has 7 nitrogen and oxygen atoms in total. The first-order valence-corrected chi connectivity index (χ1v) is 9.58. The maximum atomic E-state index is 5.62. The van der Waals surface area contributed by atoms with Gasteiger partial charge in [0.15, 0.2) is 11.4 Å². The maximum absolute atomic E-state index is 5.62. The van der Waals surface area contributed by atoms with Gasteiger partial charge in [0.05, 0.1) is 21.3 Å². The SMILES string of the molecule is COc1cccc(OC)c1SNc1noc2cc(-c3ccncc3)cc(OC)c12. The summed E-state index contributed by atoms with van der Waals surface area (Å²) in [5.74, 6) is 2.60. The van der Waals surface area contributed by atoms with Crippen LogP contribution in [-0.2, 0) is 0 Å². The van der Waals surface area contributed by atoms with Crippen molar-refractivity contribution in [1.29, 1.82) is 0 Å². The zero-order valence-corrected chi connectivity index (χ0v) is 16.9. The van der Waals surface area contributed by atoms with Crippen molar-refractivity contribution in [2.75, 3.05) is 26.1 Å². The van der Waals surface area contributed by atoms with E-state index in [4.69, 9.17) is 18.7 Å². The Bertz CT molecular complexity index is 1110. The summed E-state index contributed by atoms with van der Waals surface area (Å²) in [6, 6.07) is 13.4. The van der Waals surface area contributed by atoms with Crippen molar-refractivity contribution in [3.8, 4) is 28.4 Å². The third kappa shape index (κ3) is 3.66. The lowest BCUT2D eigenvalue weighted by Gasteiger charge is -2.12. The second kappa shape index (κ2) is 8.32. The van der Waals surface area contributed by atoms with Crippen LogP contribution in [0.2, 0.25) is 0 Å². The summed E-state index contributed by atoms with van der Waals surface area (Å²) in [7, 11) is 4.86. The lowest BCUT2D eigenvalue weighted by molar-refractivity contribution is 0.376. The van der Waals surface area contributed by atoms with E-state index in [1.54, 1.807) is 33.7 Å². The van der Waals surface area contributed by atoms with Crippen LogP contribution in [0.25, 0.3) is 22.1 Å². The number of nitrogens with one attached hydrogen (secondary N) is 1. The molecule has 0 saturated heterocycles. The van der Waals surface area contributed by atoms with Crippen LogP contribution >= 0.6 is 11.9 Å². The molecule has 0 aliphatic carbocycles. The van der Waals surface area contributed by atoms with Gasteiger partial charge < -0.3 is 23.5 Å². The number of fused-ring (bicyclic) bond motifs is 1. The largest absolute Gasteiger partial charge is 0.496 e. The standard InChI is InChI=1S/C21H19N3O4S/c1-25-15-5-4-6-16(26-2)20(15)29-24-21-19-17(27-3)11-14(12-18(19)28-23-21)13-7-9-22-10-8-13/h4-12H,1-3H3,(H,23,24). The van der Waals surface area contributed by atoms with Gasteiger partial charge in [-0.05, 0) is 59.5 Å². The molecule has 0 aliphatic heterocycles. The minimum atomic E-state index is 0.552. The summed E-state index contributed by atoms with van der Waals surface area (Å²) in [4.78, 5) is 4.87. The Morgan fingerprint density at radius 3 is 2.21 bits per heavy atom. The molecule has 0 spiro atoms. The van der Waals surface area contributed by atoms with Gasteiger partial charge >= 0.3 is 0 Å². The average Bonchev–Trinajstić information content (AvgIpc) is 3.20. The molecule has 29 heavy (non-hydrogen) atoms. The number of ether oxygens (including phenoxy) is 3. The number of aromatic nitrogens is 2. The number of hydrogen-bond donors (Lipinski definition) is 1. The molecule has 0 saturated carbocycles. The van der Waals surface area contributed by atoms with E-state index in [0.29, 0.717) is 28.6 Å². The quantitative estimate of drug-likeness (QED) is 0.426. The van der Waals surface area contributed by atoms with E-state index in [2.05, 4.69) is 14.9 Å². The Hall–Kier alpha value is -3.39. The lowest BCUT2D eigenvalue weighted by Crippen LogP contribution is -1.95. The number of methoxy groups -OCH3 is 3. The fourth-order valence-corrected chi connectivity index (χ4v) is 3.84. The molecule has 2 aromatic heterocycles. The van der Waals surface area contributed by atoms with Crippen LogP contribution < -0.4 is 18.9 Å². The van der Waals surface area contributed by atoms with Crippen LogP contribution in [0.4, 0.5) is 5.82 Å². The van der Waals surface area contributed by atoms with E-state index >= 15 is 0 Å². The van der Waals surface area contributed by atoms with Gasteiger partial charge in [0, 0.05) is 12.4 Å². The van der Waals surface area contributed by atoms with Crippen molar-refractivity contribution < 1.29 is 18.7 Å². The first-order chi connectivity index (χ1) is 14.2. The highest BCUT2D eigenvalue weighted by Crippen LogP contribution is 2.41. The monoisotopic (exact) mass is 409 g/mol.